The van der Waals surface area contributed by atoms with Crippen molar-refractivity contribution >= 4 is 46.6 Å². The molecule has 2 aromatic carbocycles. The van der Waals surface area contributed by atoms with Crippen LogP contribution in [0.2, 0.25) is 10.0 Å². The highest BCUT2D eigenvalue weighted by Crippen LogP contribution is 2.30. The maximum absolute atomic E-state index is 12.5. The summed E-state index contributed by atoms with van der Waals surface area (Å²) in [7, 11) is 0. The molecule has 0 aliphatic rings. The van der Waals surface area contributed by atoms with Crippen molar-refractivity contribution in [1.82, 2.24) is 14.8 Å². The minimum atomic E-state index is -0.340. The number of para-hydroxylation sites is 1. The van der Waals surface area contributed by atoms with Gasteiger partial charge in [-0.2, -0.15) is 0 Å². The molecule has 0 aliphatic carbocycles. The molecule has 0 aliphatic heterocycles. The van der Waals surface area contributed by atoms with Crippen LogP contribution in [-0.2, 0) is 11.3 Å². The molecule has 9 heteroatoms. The number of allylic oxidation sites excluding steroid dienone is 1. The van der Waals surface area contributed by atoms with Crippen LogP contribution in [0.5, 0.6) is 5.75 Å². The number of carbonyl (C=O) groups is 1. The number of rotatable bonds is 10. The minimum absolute atomic E-state index is 0.114. The Kier molecular flexibility index (Phi) is 8.83. The number of anilines is 1. The molecule has 0 saturated heterocycles. The van der Waals surface area contributed by atoms with E-state index in [0.717, 1.165) is 5.75 Å². The summed E-state index contributed by atoms with van der Waals surface area (Å²) in [6.07, 6.45) is 1.41. The fourth-order valence-corrected chi connectivity index (χ4v) is 4.37. The van der Waals surface area contributed by atoms with Gasteiger partial charge in [0.15, 0.2) is 17.1 Å². The number of benzene rings is 2. The molecule has 6 nitrogen and oxygen atoms in total. The molecule has 0 saturated carbocycles. The summed E-state index contributed by atoms with van der Waals surface area (Å²) < 4.78 is 7.98. The van der Waals surface area contributed by atoms with E-state index in [1.165, 1.54) is 17.3 Å². The Hall–Kier alpha value is -2.48. The van der Waals surface area contributed by atoms with Gasteiger partial charge in [0.25, 0.3) is 0 Å². The second-order valence-electron chi connectivity index (χ2n) is 7.66. The summed E-state index contributed by atoms with van der Waals surface area (Å²) in [6, 6.07) is 13.1. The Bertz CT molecular complexity index is 1100. The number of thioether (sulfide) groups is 1. The minimum Gasteiger partial charge on any atom is -0.483 e. The zero-order valence-corrected chi connectivity index (χ0v) is 21.0. The number of amides is 1. The van der Waals surface area contributed by atoms with Crippen molar-refractivity contribution in [3.8, 4) is 5.75 Å². The molecule has 1 heterocycles. The van der Waals surface area contributed by atoms with Crippen molar-refractivity contribution in [2.45, 2.75) is 44.5 Å². The number of nitrogens with zero attached hydrogens (tertiary/aromatic N) is 3. The molecule has 1 amide bonds. The molecule has 0 radical (unpaired) electrons. The Morgan fingerprint density at radius 1 is 1.15 bits per heavy atom. The fourth-order valence-electron chi connectivity index (χ4n) is 3.12. The van der Waals surface area contributed by atoms with Gasteiger partial charge in [0.1, 0.15) is 5.75 Å². The second-order valence-corrected chi connectivity index (χ2v) is 9.41. The highest BCUT2D eigenvalue weighted by molar-refractivity contribution is 7.99. The maximum Gasteiger partial charge on any atom is 0.234 e. The molecule has 0 bridgehead atoms. The van der Waals surface area contributed by atoms with Crippen LogP contribution in [0.3, 0.4) is 0 Å². The number of hydrogen-bond acceptors (Lipinski definition) is 5. The first-order chi connectivity index (χ1) is 15.8. The average Bonchev–Trinajstić information content (AvgIpc) is 3.18. The fraction of sp³-hybridized carbons (Fsp3) is 0.292. The van der Waals surface area contributed by atoms with Gasteiger partial charge in [-0.1, -0.05) is 73.1 Å². The van der Waals surface area contributed by atoms with E-state index < -0.39 is 0 Å². The average molecular weight is 505 g/mol. The molecule has 1 unspecified atom stereocenters. The third kappa shape index (κ3) is 6.53. The third-order valence-corrected chi connectivity index (χ3v) is 6.44. The maximum atomic E-state index is 12.5. The van der Waals surface area contributed by atoms with Gasteiger partial charge in [-0.05, 0) is 42.7 Å². The number of ether oxygens (including phenoxy) is 1. The van der Waals surface area contributed by atoms with Gasteiger partial charge in [-0.15, -0.1) is 16.8 Å². The summed E-state index contributed by atoms with van der Waals surface area (Å²) in [4.78, 5) is 12.5. The predicted octanol–water partition coefficient (Wildman–Crippen LogP) is 6.77. The third-order valence-electron chi connectivity index (χ3n) is 4.84. The van der Waals surface area contributed by atoms with Crippen LogP contribution in [0.15, 0.2) is 60.3 Å². The number of nitrogens with one attached hydrogen (secondary N) is 1. The van der Waals surface area contributed by atoms with E-state index >= 15 is 0 Å². The molecule has 0 fully saturated rings. The monoisotopic (exact) mass is 504 g/mol. The Labute approximate surface area is 208 Å². The predicted molar refractivity (Wildman–Crippen MR) is 136 cm³/mol. The van der Waals surface area contributed by atoms with Crippen LogP contribution in [0.4, 0.5) is 5.69 Å². The molecule has 33 heavy (non-hydrogen) atoms. The first kappa shape index (κ1) is 25.1. The Morgan fingerprint density at radius 2 is 1.82 bits per heavy atom. The standard InChI is InChI=1S/C24H26Cl2N4O2S/c1-5-13-30-23(16(4)32-18-11-9-17(10-12-18)15(2)3)28-29-24(30)33-14-21(31)27-22-19(25)7-6-8-20(22)26/h5-12,15-16H,1,13-14H2,2-4H3,(H,27,31). The molecular weight excluding hydrogens is 479 g/mol. The lowest BCUT2D eigenvalue weighted by Gasteiger charge is -2.16. The van der Waals surface area contributed by atoms with Crippen LogP contribution in [-0.4, -0.2) is 26.4 Å². The summed E-state index contributed by atoms with van der Waals surface area (Å²) in [5.74, 6) is 1.73. The smallest absolute Gasteiger partial charge is 0.234 e. The lowest BCUT2D eigenvalue weighted by atomic mass is 10.0. The highest BCUT2D eigenvalue weighted by Gasteiger charge is 2.20. The van der Waals surface area contributed by atoms with E-state index in [1.54, 1.807) is 24.3 Å². The van der Waals surface area contributed by atoms with Crippen LogP contribution in [0.1, 0.15) is 44.2 Å². The van der Waals surface area contributed by atoms with Gasteiger partial charge >= 0.3 is 0 Å². The summed E-state index contributed by atoms with van der Waals surface area (Å²) in [5, 5.41) is 12.7. The van der Waals surface area contributed by atoms with E-state index in [2.05, 4.69) is 48.1 Å². The first-order valence-corrected chi connectivity index (χ1v) is 12.2. The lowest BCUT2D eigenvalue weighted by molar-refractivity contribution is -0.113. The van der Waals surface area contributed by atoms with Gasteiger partial charge in [0.2, 0.25) is 5.91 Å². The van der Waals surface area contributed by atoms with Crippen molar-refractivity contribution < 1.29 is 9.53 Å². The van der Waals surface area contributed by atoms with Crippen molar-refractivity contribution in [1.29, 1.82) is 0 Å². The molecule has 1 aromatic heterocycles. The van der Waals surface area contributed by atoms with Gasteiger partial charge in [-0.25, -0.2) is 0 Å². The van der Waals surface area contributed by atoms with Gasteiger partial charge in [0.05, 0.1) is 21.5 Å². The van der Waals surface area contributed by atoms with E-state index in [4.69, 9.17) is 27.9 Å². The van der Waals surface area contributed by atoms with Crippen molar-refractivity contribution in [2.75, 3.05) is 11.1 Å². The van der Waals surface area contributed by atoms with Crippen molar-refractivity contribution in [2.24, 2.45) is 0 Å². The van der Waals surface area contributed by atoms with Crippen molar-refractivity contribution in [3.63, 3.8) is 0 Å². The largest absolute Gasteiger partial charge is 0.483 e. The number of aromatic nitrogens is 3. The molecule has 3 rings (SSSR count). The first-order valence-electron chi connectivity index (χ1n) is 10.5. The number of hydrogen-bond donors (Lipinski definition) is 1. The summed E-state index contributed by atoms with van der Waals surface area (Å²) in [6.45, 7) is 10.5. The van der Waals surface area contributed by atoms with Crippen LogP contribution < -0.4 is 10.1 Å². The van der Waals surface area contributed by atoms with E-state index in [9.17, 15) is 4.79 Å². The zero-order valence-electron chi connectivity index (χ0n) is 18.7. The van der Waals surface area contributed by atoms with E-state index in [1.807, 2.05) is 23.6 Å². The van der Waals surface area contributed by atoms with Crippen molar-refractivity contribution in [3.05, 3.63) is 76.6 Å². The number of carbonyl (C=O) groups excluding carboxylic acids is 1. The van der Waals surface area contributed by atoms with E-state index in [0.29, 0.717) is 39.2 Å². The second kappa shape index (κ2) is 11.6. The van der Waals surface area contributed by atoms with E-state index in [-0.39, 0.29) is 17.8 Å². The van der Waals surface area contributed by atoms with Crippen LogP contribution in [0, 0.1) is 0 Å². The molecule has 3 aromatic rings. The Morgan fingerprint density at radius 3 is 2.42 bits per heavy atom. The van der Waals surface area contributed by atoms with Crippen LogP contribution in [0.25, 0.3) is 0 Å². The summed E-state index contributed by atoms with van der Waals surface area (Å²) >= 11 is 13.5. The summed E-state index contributed by atoms with van der Waals surface area (Å²) in [5.41, 5.74) is 1.64. The SMILES string of the molecule is C=CCn1c(SCC(=O)Nc2c(Cl)cccc2Cl)nnc1C(C)Oc1ccc(C(C)C)cc1. The normalized spacial score (nSPS) is 11.9. The highest BCUT2D eigenvalue weighted by atomic mass is 35.5. The molecule has 0 spiro atoms. The topological polar surface area (TPSA) is 69.0 Å². The lowest BCUT2D eigenvalue weighted by Crippen LogP contribution is -2.16. The van der Waals surface area contributed by atoms with Gasteiger partial charge in [-0.3, -0.25) is 9.36 Å². The van der Waals surface area contributed by atoms with Crippen LogP contribution >= 0.6 is 35.0 Å². The zero-order chi connectivity index (χ0) is 24.0. The van der Waals surface area contributed by atoms with Gasteiger partial charge < -0.3 is 10.1 Å². The molecule has 174 valence electrons. The molecule has 1 atom stereocenters. The quantitative estimate of drug-likeness (QED) is 0.243. The van der Waals surface area contributed by atoms with Gasteiger partial charge in [0, 0.05) is 6.54 Å². The molecule has 1 N–H and O–H groups in total. The number of halogens is 2. The Balaban J connectivity index is 1.68. The molecular formula is C24H26Cl2N4O2S.